The van der Waals surface area contributed by atoms with Crippen molar-refractivity contribution in [3.05, 3.63) is 40.4 Å². The molecule has 1 aliphatic heterocycles. The van der Waals surface area contributed by atoms with Crippen LogP contribution in [0.5, 0.6) is 0 Å². The highest BCUT2D eigenvalue weighted by Crippen LogP contribution is 2.25. The Hall–Kier alpha value is -1.32. The minimum absolute atomic E-state index is 0.186. The summed E-state index contributed by atoms with van der Waals surface area (Å²) < 4.78 is 10.3. The Balaban J connectivity index is 2.33. The summed E-state index contributed by atoms with van der Waals surface area (Å²) in [5, 5.41) is 0.608. The summed E-state index contributed by atoms with van der Waals surface area (Å²) in [5.41, 5.74) is 1.33. The molecule has 3 nitrogen and oxygen atoms in total. The van der Waals surface area contributed by atoms with E-state index in [9.17, 15) is 4.79 Å². The summed E-state index contributed by atoms with van der Waals surface area (Å²) in [5.74, 6) is -0.359. The number of esters is 1. The zero-order valence-corrected chi connectivity index (χ0v) is 10.9. The summed E-state index contributed by atoms with van der Waals surface area (Å²) in [6, 6.07) is 7.38. The summed E-state index contributed by atoms with van der Waals surface area (Å²) >= 11 is 6.09. The van der Waals surface area contributed by atoms with Gasteiger partial charge in [0.1, 0.15) is 0 Å². The molecule has 1 fully saturated rings. The van der Waals surface area contributed by atoms with Crippen molar-refractivity contribution in [3.8, 4) is 0 Å². The third-order valence-electron chi connectivity index (χ3n) is 2.91. The fourth-order valence-electron chi connectivity index (χ4n) is 1.98. The number of carbonyl (C=O) groups is 1. The van der Waals surface area contributed by atoms with Gasteiger partial charge in [-0.3, -0.25) is 0 Å². The van der Waals surface area contributed by atoms with Gasteiger partial charge < -0.3 is 9.47 Å². The third kappa shape index (κ3) is 2.92. The lowest BCUT2D eigenvalue weighted by atomic mass is 10.0. The first-order valence-corrected chi connectivity index (χ1v) is 6.26. The molecule has 2 rings (SSSR count). The van der Waals surface area contributed by atoms with E-state index in [0.29, 0.717) is 17.2 Å². The largest absolute Gasteiger partial charge is 0.466 e. The minimum atomic E-state index is -0.359. The Bertz CT molecular complexity index is 462. The van der Waals surface area contributed by atoms with Crippen LogP contribution in [-0.4, -0.2) is 25.8 Å². The molecule has 0 amide bonds. The normalized spacial score (nSPS) is 19.9. The van der Waals surface area contributed by atoms with Crippen LogP contribution in [0.2, 0.25) is 5.02 Å². The number of rotatable bonds is 3. The third-order valence-corrected chi connectivity index (χ3v) is 3.26. The van der Waals surface area contributed by atoms with Crippen LogP contribution in [0, 0.1) is 0 Å². The molecular weight excluding hydrogens is 252 g/mol. The lowest BCUT2D eigenvalue weighted by molar-refractivity contribution is -0.137. The topological polar surface area (TPSA) is 35.5 Å². The fourth-order valence-corrected chi connectivity index (χ4v) is 2.17. The van der Waals surface area contributed by atoms with E-state index >= 15 is 0 Å². The number of halogens is 1. The van der Waals surface area contributed by atoms with Gasteiger partial charge in [0.05, 0.1) is 18.8 Å². The van der Waals surface area contributed by atoms with Crippen LogP contribution < -0.4 is 0 Å². The molecule has 0 spiro atoms. The van der Waals surface area contributed by atoms with E-state index in [2.05, 4.69) is 0 Å². The van der Waals surface area contributed by atoms with Crippen LogP contribution in [0.4, 0.5) is 0 Å². The molecule has 0 bridgehead atoms. The molecule has 1 aromatic rings. The van der Waals surface area contributed by atoms with E-state index in [4.69, 9.17) is 21.1 Å². The molecule has 96 valence electrons. The molecule has 1 aromatic carbocycles. The summed E-state index contributed by atoms with van der Waals surface area (Å²) in [7, 11) is 1.37. The first-order chi connectivity index (χ1) is 8.72. The van der Waals surface area contributed by atoms with Gasteiger partial charge in [-0.25, -0.2) is 4.79 Å². The van der Waals surface area contributed by atoms with E-state index in [-0.39, 0.29) is 12.1 Å². The van der Waals surface area contributed by atoms with Gasteiger partial charge in [0, 0.05) is 11.6 Å². The van der Waals surface area contributed by atoms with Crippen molar-refractivity contribution in [3.63, 3.8) is 0 Å². The minimum Gasteiger partial charge on any atom is -0.466 e. The molecule has 1 atom stereocenters. The van der Waals surface area contributed by atoms with Crippen molar-refractivity contribution >= 4 is 23.6 Å². The standard InChI is InChI=1S/C14H15ClO3/c1-17-14(16)11(13-7-4-8-18-13)9-10-5-2-3-6-12(10)15/h2-3,5-6,9,13H,4,7-8H2,1H3/b11-9+. The lowest BCUT2D eigenvalue weighted by Gasteiger charge is -2.12. The van der Waals surface area contributed by atoms with E-state index < -0.39 is 0 Å². The van der Waals surface area contributed by atoms with E-state index in [1.54, 1.807) is 12.1 Å². The summed E-state index contributed by atoms with van der Waals surface area (Å²) in [6.45, 7) is 0.682. The van der Waals surface area contributed by atoms with Gasteiger partial charge in [0.25, 0.3) is 0 Å². The van der Waals surface area contributed by atoms with Crippen molar-refractivity contribution in [2.24, 2.45) is 0 Å². The number of carbonyl (C=O) groups excluding carboxylic acids is 1. The predicted octanol–water partition coefficient (Wildman–Crippen LogP) is 3.08. The lowest BCUT2D eigenvalue weighted by Crippen LogP contribution is -2.18. The first-order valence-electron chi connectivity index (χ1n) is 5.88. The SMILES string of the molecule is COC(=O)/C(=C/c1ccccc1Cl)C1CCCO1. The monoisotopic (exact) mass is 266 g/mol. The molecule has 1 aliphatic rings. The van der Waals surface area contributed by atoms with Gasteiger partial charge in [-0.1, -0.05) is 29.8 Å². The van der Waals surface area contributed by atoms with Gasteiger partial charge in [0.15, 0.2) is 0 Å². The van der Waals surface area contributed by atoms with Crippen LogP contribution >= 0.6 is 11.6 Å². The van der Waals surface area contributed by atoms with E-state index in [0.717, 1.165) is 18.4 Å². The van der Waals surface area contributed by atoms with E-state index in [1.807, 2.05) is 18.2 Å². The zero-order chi connectivity index (χ0) is 13.0. The van der Waals surface area contributed by atoms with Crippen molar-refractivity contribution in [2.45, 2.75) is 18.9 Å². The number of ether oxygens (including phenoxy) is 2. The number of methoxy groups -OCH3 is 1. The van der Waals surface area contributed by atoms with Crippen molar-refractivity contribution in [1.82, 2.24) is 0 Å². The molecule has 18 heavy (non-hydrogen) atoms. The molecule has 4 heteroatoms. The quantitative estimate of drug-likeness (QED) is 0.623. The Kier molecular flexibility index (Phi) is 4.39. The van der Waals surface area contributed by atoms with Crippen LogP contribution in [0.1, 0.15) is 18.4 Å². The maximum absolute atomic E-state index is 11.8. The van der Waals surface area contributed by atoms with Crippen molar-refractivity contribution < 1.29 is 14.3 Å². The fraction of sp³-hybridized carbons (Fsp3) is 0.357. The highest BCUT2D eigenvalue weighted by atomic mass is 35.5. The summed E-state index contributed by atoms with van der Waals surface area (Å²) in [6.07, 6.45) is 3.37. The van der Waals surface area contributed by atoms with Gasteiger partial charge >= 0.3 is 5.97 Å². The van der Waals surface area contributed by atoms with Crippen molar-refractivity contribution in [1.29, 1.82) is 0 Å². The van der Waals surface area contributed by atoms with Gasteiger partial charge in [0.2, 0.25) is 0 Å². The Labute approximate surface area is 111 Å². The van der Waals surface area contributed by atoms with Crippen LogP contribution in [0.3, 0.4) is 0 Å². The zero-order valence-electron chi connectivity index (χ0n) is 10.2. The van der Waals surface area contributed by atoms with Gasteiger partial charge in [-0.05, 0) is 30.5 Å². The van der Waals surface area contributed by atoms with E-state index in [1.165, 1.54) is 7.11 Å². The summed E-state index contributed by atoms with van der Waals surface area (Å²) in [4.78, 5) is 11.8. The molecular formula is C14H15ClO3. The molecule has 0 aromatic heterocycles. The second-order valence-electron chi connectivity index (χ2n) is 4.11. The molecule has 0 aliphatic carbocycles. The second-order valence-corrected chi connectivity index (χ2v) is 4.52. The highest BCUT2D eigenvalue weighted by molar-refractivity contribution is 6.32. The number of hydrogen-bond acceptors (Lipinski definition) is 3. The molecule has 0 saturated carbocycles. The predicted molar refractivity (Wildman–Crippen MR) is 70.4 cm³/mol. The Morgan fingerprint density at radius 2 is 2.28 bits per heavy atom. The van der Waals surface area contributed by atoms with Gasteiger partial charge in [-0.15, -0.1) is 0 Å². The second kappa shape index (κ2) is 6.03. The molecule has 1 unspecified atom stereocenters. The number of hydrogen-bond donors (Lipinski definition) is 0. The molecule has 1 heterocycles. The molecule has 1 saturated heterocycles. The smallest absolute Gasteiger partial charge is 0.336 e. The van der Waals surface area contributed by atoms with Crippen LogP contribution in [-0.2, 0) is 14.3 Å². The maximum atomic E-state index is 11.8. The maximum Gasteiger partial charge on any atom is 0.336 e. The van der Waals surface area contributed by atoms with Crippen LogP contribution in [0.25, 0.3) is 6.08 Å². The first kappa shape index (κ1) is 13.1. The average Bonchev–Trinajstić information content (AvgIpc) is 2.90. The molecule has 0 radical (unpaired) electrons. The van der Waals surface area contributed by atoms with Crippen LogP contribution in [0.15, 0.2) is 29.8 Å². The average molecular weight is 267 g/mol. The Morgan fingerprint density at radius 3 is 2.89 bits per heavy atom. The van der Waals surface area contributed by atoms with Gasteiger partial charge in [-0.2, -0.15) is 0 Å². The highest BCUT2D eigenvalue weighted by Gasteiger charge is 2.26. The molecule has 0 N–H and O–H groups in total. The Morgan fingerprint density at radius 1 is 1.50 bits per heavy atom. The number of benzene rings is 1. The van der Waals surface area contributed by atoms with Crippen molar-refractivity contribution in [2.75, 3.05) is 13.7 Å².